The van der Waals surface area contributed by atoms with Gasteiger partial charge in [0, 0.05) is 18.5 Å². The lowest BCUT2D eigenvalue weighted by Crippen LogP contribution is -2.43. The minimum Gasteiger partial charge on any atom is -0.374 e. The van der Waals surface area contributed by atoms with E-state index in [0.717, 1.165) is 26.1 Å². The number of halogens is 1. The second-order valence-electron chi connectivity index (χ2n) is 5.19. The monoisotopic (exact) mass is 231 g/mol. The van der Waals surface area contributed by atoms with Crippen LogP contribution in [0, 0.1) is 5.92 Å². The molecule has 0 aliphatic carbocycles. The minimum absolute atomic E-state index is 0.379. The number of alkyl halides is 1. The highest BCUT2D eigenvalue weighted by Crippen LogP contribution is 2.25. The van der Waals surface area contributed by atoms with Crippen LogP contribution >= 0.6 is 11.6 Å². The van der Waals surface area contributed by atoms with Crippen molar-refractivity contribution in [3.05, 3.63) is 0 Å². The molecule has 2 fully saturated rings. The van der Waals surface area contributed by atoms with Crippen LogP contribution in [0.3, 0.4) is 0 Å². The highest BCUT2D eigenvalue weighted by molar-refractivity contribution is 6.20. The smallest absolute Gasteiger partial charge is 0.0706 e. The summed E-state index contributed by atoms with van der Waals surface area (Å²) >= 11 is 6.21. The lowest BCUT2D eigenvalue weighted by atomic mass is 9.99. The number of likely N-dealkylation sites (tertiary alicyclic amines) is 1. The molecule has 0 aromatic heterocycles. The van der Waals surface area contributed by atoms with Crippen molar-refractivity contribution in [2.24, 2.45) is 5.92 Å². The van der Waals surface area contributed by atoms with Crippen LogP contribution in [-0.2, 0) is 4.74 Å². The molecule has 0 saturated carbocycles. The maximum atomic E-state index is 6.21. The standard InChI is InChI=1S/C12H22ClNO/c1-9-7-14(6-5-12(9)13)8-11-4-3-10(2)15-11/h9-12H,3-8H2,1-2H3. The lowest BCUT2D eigenvalue weighted by molar-refractivity contribution is 0.0234. The number of rotatable bonds is 2. The molecule has 0 N–H and O–H groups in total. The molecule has 0 bridgehead atoms. The van der Waals surface area contributed by atoms with Gasteiger partial charge in [-0.25, -0.2) is 0 Å². The third-order valence-corrected chi connectivity index (χ3v) is 4.31. The zero-order valence-corrected chi connectivity index (χ0v) is 10.5. The molecule has 4 atom stereocenters. The number of nitrogens with zero attached hydrogens (tertiary/aromatic N) is 1. The van der Waals surface area contributed by atoms with E-state index in [-0.39, 0.29) is 0 Å². The van der Waals surface area contributed by atoms with Crippen LogP contribution in [0.5, 0.6) is 0 Å². The van der Waals surface area contributed by atoms with Crippen LogP contribution in [0.25, 0.3) is 0 Å². The number of piperidine rings is 1. The quantitative estimate of drug-likeness (QED) is 0.678. The molecule has 2 heterocycles. The van der Waals surface area contributed by atoms with Gasteiger partial charge in [-0.15, -0.1) is 11.6 Å². The Bertz CT molecular complexity index is 212. The van der Waals surface area contributed by atoms with E-state index in [1.54, 1.807) is 0 Å². The largest absolute Gasteiger partial charge is 0.374 e. The van der Waals surface area contributed by atoms with Crippen molar-refractivity contribution >= 4 is 11.6 Å². The molecule has 2 nitrogen and oxygen atoms in total. The molecule has 88 valence electrons. The van der Waals surface area contributed by atoms with Gasteiger partial charge in [0.2, 0.25) is 0 Å². The summed E-state index contributed by atoms with van der Waals surface area (Å²) in [6.07, 6.45) is 4.53. The second-order valence-corrected chi connectivity index (χ2v) is 5.75. The van der Waals surface area contributed by atoms with E-state index in [1.807, 2.05) is 0 Å². The Kier molecular flexibility index (Phi) is 3.92. The summed E-state index contributed by atoms with van der Waals surface area (Å²) in [5.41, 5.74) is 0. The van der Waals surface area contributed by atoms with Crippen molar-refractivity contribution in [1.29, 1.82) is 0 Å². The van der Waals surface area contributed by atoms with Gasteiger partial charge in [-0.2, -0.15) is 0 Å². The SMILES string of the molecule is CC1CCC(CN2CCC(Cl)C(C)C2)O1. The van der Waals surface area contributed by atoms with Gasteiger partial charge in [-0.05, 0) is 38.6 Å². The Balaban J connectivity index is 1.75. The molecular formula is C12H22ClNO. The lowest BCUT2D eigenvalue weighted by Gasteiger charge is -2.35. The van der Waals surface area contributed by atoms with E-state index in [4.69, 9.17) is 16.3 Å². The van der Waals surface area contributed by atoms with Gasteiger partial charge < -0.3 is 9.64 Å². The van der Waals surface area contributed by atoms with Crippen molar-refractivity contribution in [1.82, 2.24) is 4.90 Å². The molecule has 0 spiro atoms. The minimum atomic E-state index is 0.379. The fourth-order valence-electron chi connectivity index (χ4n) is 2.68. The van der Waals surface area contributed by atoms with Crippen LogP contribution in [-0.4, -0.2) is 42.1 Å². The number of hydrogen-bond donors (Lipinski definition) is 0. The van der Waals surface area contributed by atoms with Gasteiger partial charge in [-0.1, -0.05) is 6.92 Å². The molecule has 2 rings (SSSR count). The first-order chi connectivity index (χ1) is 7.15. The predicted molar refractivity (Wildman–Crippen MR) is 63.4 cm³/mol. The van der Waals surface area contributed by atoms with Gasteiger partial charge in [0.1, 0.15) is 0 Å². The Hall–Kier alpha value is 0.210. The summed E-state index contributed by atoms with van der Waals surface area (Å²) in [5, 5.41) is 0.379. The van der Waals surface area contributed by atoms with E-state index in [2.05, 4.69) is 18.7 Å². The van der Waals surface area contributed by atoms with E-state index >= 15 is 0 Å². The van der Waals surface area contributed by atoms with Gasteiger partial charge >= 0.3 is 0 Å². The summed E-state index contributed by atoms with van der Waals surface area (Å²) < 4.78 is 5.85. The van der Waals surface area contributed by atoms with Crippen LogP contribution < -0.4 is 0 Å². The normalized spacial score (nSPS) is 43.4. The van der Waals surface area contributed by atoms with E-state index in [1.165, 1.54) is 12.8 Å². The first kappa shape index (κ1) is 11.7. The third-order valence-electron chi connectivity index (χ3n) is 3.67. The highest BCUT2D eigenvalue weighted by atomic mass is 35.5. The van der Waals surface area contributed by atoms with Crippen LogP contribution in [0.4, 0.5) is 0 Å². The first-order valence-electron chi connectivity index (χ1n) is 6.17. The summed E-state index contributed by atoms with van der Waals surface area (Å²) in [5.74, 6) is 0.624. The van der Waals surface area contributed by atoms with Crippen molar-refractivity contribution in [2.45, 2.75) is 50.7 Å². The molecule has 0 aromatic carbocycles. The van der Waals surface area contributed by atoms with Crippen LogP contribution in [0.15, 0.2) is 0 Å². The molecule has 2 aliphatic rings. The highest BCUT2D eigenvalue weighted by Gasteiger charge is 2.28. The summed E-state index contributed by atoms with van der Waals surface area (Å²) in [6, 6.07) is 0. The Labute approximate surface area is 97.9 Å². The average molecular weight is 232 g/mol. The van der Waals surface area contributed by atoms with Gasteiger partial charge in [0.15, 0.2) is 0 Å². The number of hydrogen-bond acceptors (Lipinski definition) is 2. The topological polar surface area (TPSA) is 12.5 Å². The van der Waals surface area contributed by atoms with Crippen molar-refractivity contribution in [3.63, 3.8) is 0 Å². The van der Waals surface area contributed by atoms with Crippen molar-refractivity contribution in [2.75, 3.05) is 19.6 Å². The summed E-state index contributed by atoms with van der Waals surface area (Å²) in [7, 11) is 0. The van der Waals surface area contributed by atoms with Crippen LogP contribution in [0.1, 0.15) is 33.1 Å². The molecule has 0 aromatic rings. The van der Waals surface area contributed by atoms with E-state index in [0.29, 0.717) is 23.5 Å². The Morgan fingerprint density at radius 1 is 1.27 bits per heavy atom. The molecule has 0 radical (unpaired) electrons. The zero-order chi connectivity index (χ0) is 10.8. The molecule has 15 heavy (non-hydrogen) atoms. The van der Waals surface area contributed by atoms with Gasteiger partial charge in [0.25, 0.3) is 0 Å². The Morgan fingerprint density at radius 2 is 2.07 bits per heavy atom. The first-order valence-corrected chi connectivity index (χ1v) is 6.60. The van der Waals surface area contributed by atoms with Crippen molar-refractivity contribution in [3.8, 4) is 0 Å². The maximum Gasteiger partial charge on any atom is 0.0706 e. The fourth-order valence-corrected chi connectivity index (χ4v) is 2.85. The van der Waals surface area contributed by atoms with E-state index < -0.39 is 0 Å². The maximum absolute atomic E-state index is 6.21. The third kappa shape index (κ3) is 3.08. The van der Waals surface area contributed by atoms with Gasteiger partial charge in [0.05, 0.1) is 12.2 Å². The zero-order valence-electron chi connectivity index (χ0n) is 9.79. The fraction of sp³-hybridized carbons (Fsp3) is 1.00. The molecule has 0 amide bonds. The molecule has 2 aliphatic heterocycles. The molecular weight excluding hydrogens is 210 g/mol. The molecule has 2 saturated heterocycles. The Morgan fingerprint density at radius 3 is 2.67 bits per heavy atom. The predicted octanol–water partition coefficient (Wildman–Crippen LogP) is 2.50. The van der Waals surface area contributed by atoms with Crippen molar-refractivity contribution < 1.29 is 4.74 Å². The number of ether oxygens (including phenoxy) is 1. The average Bonchev–Trinajstić information content (AvgIpc) is 2.58. The summed E-state index contributed by atoms with van der Waals surface area (Å²) in [4.78, 5) is 2.52. The molecule has 3 heteroatoms. The van der Waals surface area contributed by atoms with E-state index in [9.17, 15) is 0 Å². The summed E-state index contributed by atoms with van der Waals surface area (Å²) in [6.45, 7) is 7.82. The van der Waals surface area contributed by atoms with Crippen LogP contribution in [0.2, 0.25) is 0 Å². The molecule has 4 unspecified atom stereocenters. The second kappa shape index (κ2) is 5.03. The van der Waals surface area contributed by atoms with Gasteiger partial charge in [-0.3, -0.25) is 0 Å².